The molecule has 2 amide bonds. The zero-order valence-corrected chi connectivity index (χ0v) is 10.9. The first kappa shape index (κ1) is 14.0. The van der Waals surface area contributed by atoms with Crippen LogP contribution in [0.4, 0.5) is 0 Å². The third-order valence-electron chi connectivity index (χ3n) is 3.38. The number of carbonyl (C=O) groups excluding carboxylic acids is 2. The third kappa shape index (κ3) is 5.71. The molecule has 1 unspecified atom stereocenters. The molecule has 1 aliphatic carbocycles. The maximum atomic E-state index is 11.5. The predicted molar refractivity (Wildman–Crippen MR) is 67.5 cm³/mol. The van der Waals surface area contributed by atoms with Crippen LogP contribution in [-0.4, -0.2) is 24.4 Å². The maximum Gasteiger partial charge on any atom is 0.242 e. The first-order valence-electron chi connectivity index (χ1n) is 6.64. The first-order valence-corrected chi connectivity index (χ1v) is 6.64. The minimum atomic E-state index is -0.431. The summed E-state index contributed by atoms with van der Waals surface area (Å²) in [7, 11) is 0. The largest absolute Gasteiger partial charge is 0.354 e. The fraction of sp³-hybridized carbons (Fsp3) is 0.846. The van der Waals surface area contributed by atoms with Crippen molar-refractivity contribution in [3.63, 3.8) is 0 Å². The number of nitrogens with one attached hydrogen (secondary N) is 2. The molecule has 4 nitrogen and oxygen atoms in total. The second-order valence-electron chi connectivity index (χ2n) is 5.01. The molecule has 0 heterocycles. The van der Waals surface area contributed by atoms with Crippen LogP contribution in [-0.2, 0) is 9.59 Å². The Balaban J connectivity index is 2.04. The van der Waals surface area contributed by atoms with Gasteiger partial charge in [0.15, 0.2) is 0 Å². The topological polar surface area (TPSA) is 58.2 Å². The number of rotatable bonds is 6. The average Bonchev–Trinajstić information content (AvgIpc) is 2.75. The van der Waals surface area contributed by atoms with Crippen LogP contribution in [0.1, 0.15) is 52.4 Å². The van der Waals surface area contributed by atoms with Gasteiger partial charge >= 0.3 is 0 Å². The Kier molecular flexibility index (Phi) is 6.01. The molecule has 1 atom stereocenters. The lowest BCUT2D eigenvalue weighted by atomic mass is 10.0. The second-order valence-corrected chi connectivity index (χ2v) is 5.01. The molecule has 0 bridgehead atoms. The van der Waals surface area contributed by atoms with E-state index in [1.165, 1.54) is 39.0 Å². The summed E-state index contributed by atoms with van der Waals surface area (Å²) in [6.07, 6.45) is 7.72. The van der Waals surface area contributed by atoms with Crippen LogP contribution in [0.15, 0.2) is 0 Å². The van der Waals surface area contributed by atoms with E-state index >= 15 is 0 Å². The van der Waals surface area contributed by atoms with Crippen LogP contribution < -0.4 is 10.6 Å². The average molecular weight is 240 g/mol. The minimum Gasteiger partial charge on any atom is -0.354 e. The van der Waals surface area contributed by atoms with Gasteiger partial charge in [0, 0.05) is 13.5 Å². The van der Waals surface area contributed by atoms with Crippen molar-refractivity contribution in [3.8, 4) is 0 Å². The van der Waals surface area contributed by atoms with Crippen LogP contribution in [0.5, 0.6) is 0 Å². The molecule has 0 radical (unpaired) electrons. The molecule has 0 aromatic carbocycles. The summed E-state index contributed by atoms with van der Waals surface area (Å²) in [5, 5.41) is 5.43. The summed E-state index contributed by atoms with van der Waals surface area (Å²) in [6.45, 7) is 3.84. The van der Waals surface area contributed by atoms with Gasteiger partial charge in [-0.1, -0.05) is 25.7 Å². The van der Waals surface area contributed by atoms with Crippen molar-refractivity contribution in [2.45, 2.75) is 58.4 Å². The van der Waals surface area contributed by atoms with Crippen molar-refractivity contribution in [1.29, 1.82) is 0 Å². The SMILES string of the molecule is CC(=O)NC(C)C(=O)NCCCC1CCCC1. The lowest BCUT2D eigenvalue weighted by molar-refractivity contribution is -0.127. The Bertz CT molecular complexity index is 260. The maximum absolute atomic E-state index is 11.5. The van der Waals surface area contributed by atoms with E-state index in [9.17, 15) is 9.59 Å². The smallest absolute Gasteiger partial charge is 0.242 e. The molecule has 0 saturated heterocycles. The number of carbonyl (C=O) groups is 2. The highest BCUT2D eigenvalue weighted by Crippen LogP contribution is 2.28. The Morgan fingerprint density at radius 1 is 1.29 bits per heavy atom. The van der Waals surface area contributed by atoms with Gasteiger partial charge in [-0.2, -0.15) is 0 Å². The van der Waals surface area contributed by atoms with Gasteiger partial charge in [-0.15, -0.1) is 0 Å². The molecule has 1 fully saturated rings. The highest BCUT2D eigenvalue weighted by atomic mass is 16.2. The molecule has 0 aromatic heterocycles. The molecule has 98 valence electrons. The number of hydrogen-bond donors (Lipinski definition) is 2. The second kappa shape index (κ2) is 7.30. The Morgan fingerprint density at radius 2 is 1.94 bits per heavy atom. The van der Waals surface area contributed by atoms with E-state index < -0.39 is 6.04 Å². The van der Waals surface area contributed by atoms with Crippen molar-refractivity contribution >= 4 is 11.8 Å². The van der Waals surface area contributed by atoms with Crippen molar-refractivity contribution < 1.29 is 9.59 Å². The van der Waals surface area contributed by atoms with E-state index in [0.29, 0.717) is 0 Å². The molecule has 2 N–H and O–H groups in total. The van der Waals surface area contributed by atoms with E-state index in [1.54, 1.807) is 6.92 Å². The molecule has 0 spiro atoms. The highest BCUT2D eigenvalue weighted by molar-refractivity contribution is 5.86. The van der Waals surface area contributed by atoms with E-state index in [4.69, 9.17) is 0 Å². The predicted octanol–water partition coefficient (Wildman–Crippen LogP) is 1.60. The molecular weight excluding hydrogens is 216 g/mol. The fourth-order valence-electron chi connectivity index (χ4n) is 2.42. The fourth-order valence-corrected chi connectivity index (χ4v) is 2.42. The third-order valence-corrected chi connectivity index (χ3v) is 3.38. The Hall–Kier alpha value is -1.06. The van der Waals surface area contributed by atoms with Crippen LogP contribution in [0.25, 0.3) is 0 Å². The summed E-state index contributed by atoms with van der Waals surface area (Å²) < 4.78 is 0. The zero-order valence-electron chi connectivity index (χ0n) is 10.9. The van der Waals surface area contributed by atoms with Crippen molar-refractivity contribution in [3.05, 3.63) is 0 Å². The minimum absolute atomic E-state index is 0.0911. The summed E-state index contributed by atoms with van der Waals surface area (Å²) in [6, 6.07) is -0.431. The monoisotopic (exact) mass is 240 g/mol. The Labute approximate surface area is 104 Å². The van der Waals surface area contributed by atoms with Gasteiger partial charge in [0.1, 0.15) is 6.04 Å². The van der Waals surface area contributed by atoms with E-state index in [1.807, 2.05) is 0 Å². The standard InChI is InChI=1S/C13H24N2O2/c1-10(15-11(2)16)13(17)14-9-5-8-12-6-3-4-7-12/h10,12H,3-9H2,1-2H3,(H,14,17)(H,15,16). The molecule has 0 aromatic rings. The van der Waals surface area contributed by atoms with Gasteiger partial charge in [-0.05, 0) is 25.7 Å². The molecule has 1 aliphatic rings. The first-order chi connectivity index (χ1) is 8.09. The normalized spacial score (nSPS) is 17.8. The molecule has 0 aliphatic heterocycles. The zero-order chi connectivity index (χ0) is 12.7. The van der Waals surface area contributed by atoms with Gasteiger partial charge in [-0.25, -0.2) is 0 Å². The quantitative estimate of drug-likeness (QED) is 0.693. The lowest BCUT2D eigenvalue weighted by Crippen LogP contribution is -2.44. The lowest BCUT2D eigenvalue weighted by Gasteiger charge is -2.13. The molecule has 17 heavy (non-hydrogen) atoms. The van der Waals surface area contributed by atoms with Crippen molar-refractivity contribution in [1.82, 2.24) is 10.6 Å². The van der Waals surface area contributed by atoms with Crippen molar-refractivity contribution in [2.24, 2.45) is 5.92 Å². The highest BCUT2D eigenvalue weighted by Gasteiger charge is 2.15. The summed E-state index contributed by atoms with van der Waals surface area (Å²) >= 11 is 0. The molecule has 4 heteroatoms. The van der Waals surface area contributed by atoms with E-state index in [0.717, 1.165) is 18.9 Å². The summed E-state index contributed by atoms with van der Waals surface area (Å²) in [4.78, 5) is 22.3. The van der Waals surface area contributed by atoms with Gasteiger partial charge in [0.2, 0.25) is 11.8 Å². The summed E-state index contributed by atoms with van der Waals surface area (Å²) in [5.74, 6) is 0.616. The number of amides is 2. The van der Waals surface area contributed by atoms with Crippen LogP contribution in [0.2, 0.25) is 0 Å². The van der Waals surface area contributed by atoms with Crippen LogP contribution in [0.3, 0.4) is 0 Å². The van der Waals surface area contributed by atoms with E-state index in [-0.39, 0.29) is 11.8 Å². The molecule has 1 rings (SSSR count). The van der Waals surface area contributed by atoms with Crippen LogP contribution in [0, 0.1) is 5.92 Å². The van der Waals surface area contributed by atoms with Crippen LogP contribution >= 0.6 is 0 Å². The molecule has 1 saturated carbocycles. The van der Waals surface area contributed by atoms with Gasteiger partial charge in [0.05, 0.1) is 0 Å². The molecular formula is C13H24N2O2. The van der Waals surface area contributed by atoms with Gasteiger partial charge < -0.3 is 10.6 Å². The Morgan fingerprint density at radius 3 is 2.53 bits per heavy atom. The summed E-state index contributed by atoms with van der Waals surface area (Å²) in [5.41, 5.74) is 0. The number of hydrogen-bond acceptors (Lipinski definition) is 2. The van der Waals surface area contributed by atoms with E-state index in [2.05, 4.69) is 10.6 Å². The van der Waals surface area contributed by atoms with Gasteiger partial charge in [0.25, 0.3) is 0 Å². The van der Waals surface area contributed by atoms with Crippen molar-refractivity contribution in [2.75, 3.05) is 6.54 Å². The van der Waals surface area contributed by atoms with Gasteiger partial charge in [-0.3, -0.25) is 9.59 Å².